The lowest BCUT2D eigenvalue weighted by Crippen LogP contribution is -2.50. The number of carbonyl (C=O) groups excluding carboxylic acids is 2. The van der Waals surface area contributed by atoms with Crippen molar-refractivity contribution in [3.8, 4) is 0 Å². The van der Waals surface area contributed by atoms with Crippen LogP contribution in [0.15, 0.2) is 18.2 Å². The second kappa shape index (κ2) is 9.68. The van der Waals surface area contributed by atoms with Gasteiger partial charge in [0.15, 0.2) is 0 Å². The van der Waals surface area contributed by atoms with Gasteiger partial charge in [0, 0.05) is 11.4 Å². The molecule has 0 bridgehead atoms. The molecule has 1 aromatic rings. The lowest BCUT2D eigenvalue weighted by atomic mass is 9.88. The molecule has 6 heteroatoms. The fraction of sp³-hybridized carbons (Fsp3) is 0.636. The van der Waals surface area contributed by atoms with Gasteiger partial charge in [-0.3, -0.25) is 4.90 Å². The van der Waals surface area contributed by atoms with E-state index in [9.17, 15) is 9.59 Å². The van der Waals surface area contributed by atoms with E-state index in [0.717, 1.165) is 30.5 Å². The number of carbonyl (C=O) groups is 2. The number of nitrogens with zero attached hydrogens (tertiary/aromatic N) is 1. The zero-order valence-electron chi connectivity index (χ0n) is 17.2. The lowest BCUT2D eigenvalue weighted by Gasteiger charge is -2.35. The van der Waals surface area contributed by atoms with Crippen molar-refractivity contribution in [1.29, 1.82) is 0 Å². The number of rotatable bonds is 5. The second-order valence-corrected chi connectivity index (χ2v) is 9.09. The SMILES string of the molecule is CCCOC(=O)[C@H]1CS[C@H](C2CCCCC2)N1C(=O)Nc1ccc(C)c(C)c1. The Morgan fingerprint density at radius 2 is 1.93 bits per heavy atom. The summed E-state index contributed by atoms with van der Waals surface area (Å²) < 4.78 is 5.40. The minimum Gasteiger partial charge on any atom is -0.464 e. The molecule has 3 rings (SSSR count). The Morgan fingerprint density at radius 1 is 1.18 bits per heavy atom. The molecule has 1 aliphatic carbocycles. The number of amides is 2. The average Bonchev–Trinajstić information content (AvgIpc) is 3.15. The number of hydrogen-bond donors (Lipinski definition) is 1. The van der Waals surface area contributed by atoms with Crippen LogP contribution in [0.25, 0.3) is 0 Å². The summed E-state index contributed by atoms with van der Waals surface area (Å²) in [6.07, 6.45) is 6.72. The Kier molecular flexibility index (Phi) is 7.27. The predicted octanol–water partition coefficient (Wildman–Crippen LogP) is 5.11. The normalized spacial score (nSPS) is 22.9. The molecule has 0 aromatic heterocycles. The second-order valence-electron chi connectivity index (χ2n) is 7.94. The number of ether oxygens (including phenoxy) is 1. The van der Waals surface area contributed by atoms with Crippen LogP contribution in [0.2, 0.25) is 0 Å². The van der Waals surface area contributed by atoms with Crippen LogP contribution in [0, 0.1) is 19.8 Å². The number of anilines is 1. The zero-order valence-corrected chi connectivity index (χ0v) is 18.0. The predicted molar refractivity (Wildman–Crippen MR) is 115 cm³/mol. The molecule has 1 N–H and O–H groups in total. The van der Waals surface area contributed by atoms with Gasteiger partial charge in [0.1, 0.15) is 6.04 Å². The van der Waals surface area contributed by atoms with Gasteiger partial charge >= 0.3 is 12.0 Å². The summed E-state index contributed by atoms with van der Waals surface area (Å²) >= 11 is 1.74. The lowest BCUT2D eigenvalue weighted by molar-refractivity contribution is -0.148. The van der Waals surface area contributed by atoms with E-state index in [0.29, 0.717) is 18.3 Å². The van der Waals surface area contributed by atoms with Crippen molar-refractivity contribution < 1.29 is 14.3 Å². The van der Waals surface area contributed by atoms with Gasteiger partial charge in [0.2, 0.25) is 0 Å². The van der Waals surface area contributed by atoms with Gasteiger partial charge in [-0.2, -0.15) is 0 Å². The third-order valence-electron chi connectivity index (χ3n) is 5.80. The summed E-state index contributed by atoms with van der Waals surface area (Å²) in [6.45, 7) is 6.47. The van der Waals surface area contributed by atoms with E-state index in [1.165, 1.54) is 24.8 Å². The first-order valence-corrected chi connectivity index (χ1v) is 11.5. The van der Waals surface area contributed by atoms with Gasteiger partial charge in [0.25, 0.3) is 0 Å². The van der Waals surface area contributed by atoms with Crippen molar-refractivity contribution in [2.75, 3.05) is 17.7 Å². The molecule has 1 aliphatic heterocycles. The van der Waals surface area contributed by atoms with Crippen molar-refractivity contribution in [2.45, 2.75) is 70.7 Å². The summed E-state index contributed by atoms with van der Waals surface area (Å²) in [6, 6.07) is 5.21. The molecule has 0 spiro atoms. The van der Waals surface area contributed by atoms with E-state index < -0.39 is 6.04 Å². The fourth-order valence-corrected chi connectivity index (χ4v) is 5.68. The van der Waals surface area contributed by atoms with Gasteiger partial charge < -0.3 is 10.1 Å². The highest BCUT2D eigenvalue weighted by molar-refractivity contribution is 8.00. The Balaban J connectivity index is 1.78. The highest BCUT2D eigenvalue weighted by Gasteiger charge is 2.45. The molecule has 2 aliphatic rings. The van der Waals surface area contributed by atoms with Crippen LogP contribution in [-0.2, 0) is 9.53 Å². The van der Waals surface area contributed by atoms with Crippen molar-refractivity contribution in [2.24, 2.45) is 5.92 Å². The first kappa shape index (κ1) is 21.0. The van der Waals surface area contributed by atoms with Crippen LogP contribution >= 0.6 is 11.8 Å². The van der Waals surface area contributed by atoms with Gasteiger partial charge in [-0.15, -0.1) is 11.8 Å². The summed E-state index contributed by atoms with van der Waals surface area (Å²) in [4.78, 5) is 27.7. The van der Waals surface area contributed by atoms with E-state index in [-0.39, 0.29) is 17.4 Å². The maximum Gasteiger partial charge on any atom is 0.329 e. The molecule has 1 saturated heterocycles. The smallest absolute Gasteiger partial charge is 0.329 e. The maximum atomic E-state index is 13.2. The molecule has 0 radical (unpaired) electrons. The van der Waals surface area contributed by atoms with Crippen LogP contribution in [0.1, 0.15) is 56.6 Å². The van der Waals surface area contributed by atoms with E-state index in [1.807, 2.05) is 32.0 Å². The van der Waals surface area contributed by atoms with Crippen LogP contribution in [0.5, 0.6) is 0 Å². The van der Waals surface area contributed by atoms with E-state index in [4.69, 9.17) is 4.74 Å². The summed E-state index contributed by atoms with van der Waals surface area (Å²) in [7, 11) is 0. The molecule has 2 fully saturated rings. The van der Waals surface area contributed by atoms with Gasteiger partial charge in [0.05, 0.1) is 12.0 Å². The first-order valence-electron chi connectivity index (χ1n) is 10.5. The Bertz CT molecular complexity index is 703. The molecule has 2 amide bonds. The standard InChI is InChI=1S/C22H32N2O3S/c1-4-12-27-21(25)19-14-28-20(17-8-6-5-7-9-17)24(19)22(26)23-18-11-10-15(2)16(3)13-18/h10-11,13,17,19-20H,4-9,12,14H2,1-3H3,(H,23,26)/t19-,20-/m1/s1. The third kappa shape index (κ3) is 4.83. The maximum absolute atomic E-state index is 13.2. The largest absolute Gasteiger partial charge is 0.464 e. The van der Waals surface area contributed by atoms with Gasteiger partial charge in [-0.25, -0.2) is 9.59 Å². The fourth-order valence-electron chi connectivity index (χ4n) is 4.05. The van der Waals surface area contributed by atoms with Crippen molar-refractivity contribution in [3.63, 3.8) is 0 Å². The minimum absolute atomic E-state index is 0.0472. The molecule has 154 valence electrons. The quantitative estimate of drug-likeness (QED) is 0.693. The van der Waals surface area contributed by atoms with E-state index in [1.54, 1.807) is 16.7 Å². The number of urea groups is 1. The number of benzene rings is 1. The molecule has 0 unspecified atom stereocenters. The van der Waals surface area contributed by atoms with Crippen LogP contribution < -0.4 is 5.32 Å². The topological polar surface area (TPSA) is 58.6 Å². The Morgan fingerprint density at radius 3 is 2.61 bits per heavy atom. The molecular weight excluding hydrogens is 372 g/mol. The number of esters is 1. The minimum atomic E-state index is -0.505. The monoisotopic (exact) mass is 404 g/mol. The van der Waals surface area contributed by atoms with Crippen molar-refractivity contribution in [3.05, 3.63) is 29.3 Å². The average molecular weight is 405 g/mol. The molecule has 28 heavy (non-hydrogen) atoms. The zero-order chi connectivity index (χ0) is 20.1. The van der Waals surface area contributed by atoms with Gasteiger partial charge in [-0.1, -0.05) is 32.3 Å². The van der Waals surface area contributed by atoms with Crippen LogP contribution in [0.4, 0.5) is 10.5 Å². The molecule has 2 atom stereocenters. The van der Waals surface area contributed by atoms with Crippen LogP contribution in [-0.4, -0.2) is 40.7 Å². The summed E-state index contributed by atoms with van der Waals surface area (Å²) in [5.74, 6) is 0.792. The van der Waals surface area contributed by atoms with E-state index in [2.05, 4.69) is 12.2 Å². The number of thioether (sulfide) groups is 1. The summed E-state index contributed by atoms with van der Waals surface area (Å²) in [5.41, 5.74) is 3.10. The highest BCUT2D eigenvalue weighted by Crippen LogP contribution is 2.41. The molecular formula is C22H32N2O3S. The molecule has 1 heterocycles. The number of aryl methyl sites for hydroxylation is 2. The first-order chi connectivity index (χ1) is 13.5. The number of hydrogen-bond acceptors (Lipinski definition) is 4. The van der Waals surface area contributed by atoms with Gasteiger partial charge in [-0.05, 0) is 62.3 Å². The molecule has 1 saturated carbocycles. The van der Waals surface area contributed by atoms with Crippen molar-refractivity contribution >= 4 is 29.4 Å². The molecule has 1 aromatic carbocycles. The van der Waals surface area contributed by atoms with Crippen molar-refractivity contribution in [1.82, 2.24) is 4.90 Å². The summed E-state index contributed by atoms with van der Waals surface area (Å²) in [5, 5.41) is 3.08. The Hall–Kier alpha value is -1.69. The number of nitrogens with one attached hydrogen (secondary N) is 1. The molecule has 5 nitrogen and oxygen atoms in total. The third-order valence-corrected chi connectivity index (χ3v) is 7.26. The highest BCUT2D eigenvalue weighted by atomic mass is 32.2. The van der Waals surface area contributed by atoms with Crippen LogP contribution in [0.3, 0.4) is 0 Å². The Labute approximate surface area is 172 Å². The van der Waals surface area contributed by atoms with E-state index >= 15 is 0 Å².